The minimum Gasteiger partial charge on any atom is -0.478 e. The monoisotopic (exact) mass is 288 g/mol. The average Bonchev–Trinajstić information content (AvgIpc) is 2.15. The van der Waals surface area contributed by atoms with Crippen molar-refractivity contribution in [3.05, 3.63) is 33.5 Å². The molecule has 1 rings (SSSR count). The predicted octanol–water partition coefficient (Wildman–Crippen LogP) is 3.13. The fourth-order valence-electron chi connectivity index (χ4n) is 1.28. The average molecular weight is 289 g/mol. The molecule has 0 aliphatic carbocycles. The number of carbonyl (C=O) groups excluding carboxylic acids is 1. The number of halogens is 2. The standard InChI is InChI=1S/C11H10BrFO3/c1-5(2)10(14)9-7(11(15)16)3-6(12)4-8(9)13/h3-5H,1-2H3,(H,15,16). The molecular formula is C11H10BrFO3. The maximum absolute atomic E-state index is 13.6. The normalized spacial score (nSPS) is 10.6. The molecule has 0 radical (unpaired) electrons. The Balaban J connectivity index is 3.47. The zero-order valence-corrected chi connectivity index (χ0v) is 10.3. The van der Waals surface area contributed by atoms with Crippen molar-refractivity contribution < 1.29 is 19.1 Å². The summed E-state index contributed by atoms with van der Waals surface area (Å²) in [6.45, 7) is 3.19. The van der Waals surface area contributed by atoms with Gasteiger partial charge in [0.2, 0.25) is 0 Å². The van der Waals surface area contributed by atoms with Crippen LogP contribution in [0.5, 0.6) is 0 Å². The first kappa shape index (κ1) is 12.8. The lowest BCUT2D eigenvalue weighted by Gasteiger charge is -2.09. The molecule has 0 atom stereocenters. The Morgan fingerprint density at radius 1 is 1.38 bits per heavy atom. The Morgan fingerprint density at radius 2 is 1.94 bits per heavy atom. The summed E-state index contributed by atoms with van der Waals surface area (Å²) in [5.41, 5.74) is -0.670. The summed E-state index contributed by atoms with van der Waals surface area (Å²) in [4.78, 5) is 22.6. The van der Waals surface area contributed by atoms with E-state index in [-0.39, 0.29) is 11.1 Å². The highest BCUT2D eigenvalue weighted by atomic mass is 79.9. The number of carbonyl (C=O) groups is 2. The Labute approximate surface area is 100 Å². The number of hydrogen-bond acceptors (Lipinski definition) is 2. The molecule has 0 saturated carbocycles. The van der Waals surface area contributed by atoms with Gasteiger partial charge in [0.15, 0.2) is 5.78 Å². The maximum atomic E-state index is 13.6. The summed E-state index contributed by atoms with van der Waals surface area (Å²) < 4.78 is 13.9. The lowest BCUT2D eigenvalue weighted by molar-refractivity contribution is 0.0689. The first-order valence-corrected chi connectivity index (χ1v) is 5.40. The minimum absolute atomic E-state index is 0.294. The van der Waals surface area contributed by atoms with E-state index in [1.54, 1.807) is 13.8 Å². The highest BCUT2D eigenvalue weighted by molar-refractivity contribution is 9.10. The molecular weight excluding hydrogens is 279 g/mol. The summed E-state index contributed by atoms with van der Waals surface area (Å²) in [5, 5.41) is 8.91. The van der Waals surface area contributed by atoms with Gasteiger partial charge < -0.3 is 5.11 Å². The Hall–Kier alpha value is -1.23. The number of carboxylic acid groups (broad SMARTS) is 1. The fraction of sp³-hybridized carbons (Fsp3) is 0.273. The molecule has 3 nitrogen and oxygen atoms in total. The number of carboxylic acids is 1. The third-order valence-corrected chi connectivity index (χ3v) is 2.51. The lowest BCUT2D eigenvalue weighted by atomic mass is 9.96. The number of ketones is 1. The zero-order valence-electron chi connectivity index (χ0n) is 8.75. The number of Topliss-reactive ketones (excluding diaryl/α,β-unsaturated/α-hetero) is 1. The van der Waals surface area contributed by atoms with Gasteiger partial charge in [0.25, 0.3) is 0 Å². The van der Waals surface area contributed by atoms with E-state index in [1.165, 1.54) is 6.07 Å². The topological polar surface area (TPSA) is 54.4 Å². The molecule has 0 spiro atoms. The molecule has 86 valence electrons. The molecule has 0 unspecified atom stereocenters. The predicted molar refractivity (Wildman–Crippen MR) is 60.2 cm³/mol. The second-order valence-corrected chi connectivity index (χ2v) is 4.55. The Bertz CT molecular complexity index is 455. The van der Waals surface area contributed by atoms with Gasteiger partial charge >= 0.3 is 5.97 Å². The van der Waals surface area contributed by atoms with Gasteiger partial charge in [-0.1, -0.05) is 29.8 Å². The van der Waals surface area contributed by atoms with E-state index >= 15 is 0 Å². The van der Waals surface area contributed by atoms with Crippen molar-refractivity contribution in [2.75, 3.05) is 0 Å². The Kier molecular flexibility index (Phi) is 3.80. The van der Waals surface area contributed by atoms with Crippen molar-refractivity contribution in [1.82, 2.24) is 0 Å². The van der Waals surface area contributed by atoms with Crippen LogP contribution in [0.4, 0.5) is 4.39 Å². The van der Waals surface area contributed by atoms with Crippen LogP contribution < -0.4 is 0 Å². The van der Waals surface area contributed by atoms with Gasteiger partial charge in [-0.2, -0.15) is 0 Å². The molecule has 0 aliphatic rings. The van der Waals surface area contributed by atoms with Gasteiger partial charge in [0, 0.05) is 10.4 Å². The number of hydrogen-bond donors (Lipinski definition) is 1. The van der Waals surface area contributed by atoms with Crippen LogP contribution in [0.15, 0.2) is 16.6 Å². The molecule has 1 aromatic rings. The minimum atomic E-state index is -1.32. The second-order valence-electron chi connectivity index (χ2n) is 3.63. The summed E-state index contributed by atoms with van der Waals surface area (Å²) in [6.07, 6.45) is 0. The Morgan fingerprint density at radius 3 is 2.38 bits per heavy atom. The van der Waals surface area contributed by atoms with Crippen LogP contribution in [0.3, 0.4) is 0 Å². The van der Waals surface area contributed by atoms with Crippen molar-refractivity contribution in [3.63, 3.8) is 0 Å². The summed E-state index contributed by atoms with van der Waals surface area (Å²) in [5.74, 6) is -3.09. The van der Waals surface area contributed by atoms with E-state index < -0.39 is 23.5 Å². The molecule has 0 aliphatic heterocycles. The van der Waals surface area contributed by atoms with Crippen LogP contribution in [-0.2, 0) is 0 Å². The van der Waals surface area contributed by atoms with Crippen LogP contribution in [0.2, 0.25) is 0 Å². The van der Waals surface area contributed by atoms with Crippen molar-refractivity contribution in [3.8, 4) is 0 Å². The summed E-state index contributed by atoms with van der Waals surface area (Å²) >= 11 is 2.99. The summed E-state index contributed by atoms with van der Waals surface area (Å²) in [7, 11) is 0. The van der Waals surface area contributed by atoms with Crippen LogP contribution >= 0.6 is 15.9 Å². The van der Waals surface area contributed by atoms with Crippen LogP contribution in [0.25, 0.3) is 0 Å². The highest BCUT2D eigenvalue weighted by Gasteiger charge is 2.23. The first-order valence-electron chi connectivity index (χ1n) is 4.61. The zero-order chi connectivity index (χ0) is 12.5. The lowest BCUT2D eigenvalue weighted by Crippen LogP contribution is -2.15. The quantitative estimate of drug-likeness (QED) is 0.870. The van der Waals surface area contributed by atoms with Gasteiger partial charge in [-0.15, -0.1) is 0 Å². The maximum Gasteiger partial charge on any atom is 0.336 e. The largest absolute Gasteiger partial charge is 0.478 e. The highest BCUT2D eigenvalue weighted by Crippen LogP contribution is 2.23. The van der Waals surface area contributed by atoms with Gasteiger partial charge in [0.05, 0.1) is 11.1 Å². The van der Waals surface area contributed by atoms with Gasteiger partial charge in [-0.3, -0.25) is 4.79 Å². The third kappa shape index (κ3) is 2.47. The van der Waals surface area contributed by atoms with Crippen LogP contribution in [0.1, 0.15) is 34.6 Å². The number of benzene rings is 1. The molecule has 1 aromatic carbocycles. The number of rotatable bonds is 3. The molecule has 0 aromatic heterocycles. The molecule has 1 N–H and O–H groups in total. The first-order chi connectivity index (χ1) is 7.34. The van der Waals surface area contributed by atoms with E-state index in [1.807, 2.05) is 0 Å². The van der Waals surface area contributed by atoms with E-state index in [4.69, 9.17) is 5.11 Å². The van der Waals surface area contributed by atoms with E-state index in [0.717, 1.165) is 6.07 Å². The van der Waals surface area contributed by atoms with Gasteiger partial charge in [-0.05, 0) is 12.1 Å². The molecule has 0 fully saturated rings. The van der Waals surface area contributed by atoms with Gasteiger partial charge in [0.1, 0.15) is 5.82 Å². The van der Waals surface area contributed by atoms with Crippen LogP contribution in [0, 0.1) is 11.7 Å². The third-order valence-electron chi connectivity index (χ3n) is 2.06. The molecule has 0 heterocycles. The van der Waals surface area contributed by atoms with E-state index in [2.05, 4.69) is 15.9 Å². The van der Waals surface area contributed by atoms with Crippen molar-refractivity contribution in [2.45, 2.75) is 13.8 Å². The molecule has 5 heteroatoms. The second kappa shape index (κ2) is 4.74. The van der Waals surface area contributed by atoms with E-state index in [9.17, 15) is 14.0 Å². The van der Waals surface area contributed by atoms with Crippen molar-refractivity contribution in [1.29, 1.82) is 0 Å². The molecule has 16 heavy (non-hydrogen) atoms. The fourth-order valence-corrected chi connectivity index (χ4v) is 1.71. The summed E-state index contributed by atoms with van der Waals surface area (Å²) in [6, 6.07) is 2.31. The molecule has 0 amide bonds. The number of aromatic carboxylic acids is 1. The van der Waals surface area contributed by atoms with Crippen LogP contribution in [-0.4, -0.2) is 16.9 Å². The van der Waals surface area contributed by atoms with E-state index in [0.29, 0.717) is 4.47 Å². The van der Waals surface area contributed by atoms with Crippen molar-refractivity contribution >= 4 is 27.7 Å². The van der Waals surface area contributed by atoms with Gasteiger partial charge in [-0.25, -0.2) is 9.18 Å². The molecule has 0 saturated heterocycles. The SMILES string of the molecule is CC(C)C(=O)c1c(F)cc(Br)cc1C(=O)O. The molecule has 0 bridgehead atoms. The van der Waals surface area contributed by atoms with Crippen molar-refractivity contribution in [2.24, 2.45) is 5.92 Å². The smallest absolute Gasteiger partial charge is 0.336 e.